The number of carbonyl (C=O) groups is 1. The van der Waals surface area contributed by atoms with Gasteiger partial charge in [0.05, 0.1) is 11.8 Å². The van der Waals surface area contributed by atoms with Gasteiger partial charge in [-0.1, -0.05) is 69.0 Å². The lowest BCUT2D eigenvalue weighted by molar-refractivity contribution is 0.0992. The maximum atomic E-state index is 15.1. The summed E-state index contributed by atoms with van der Waals surface area (Å²) in [6.45, 7) is 6.94. The number of unbranched alkanes of at least 4 members (excludes halogenated alkanes) is 3. The Morgan fingerprint density at radius 1 is 1.08 bits per heavy atom. The topological polar surface area (TPSA) is 29.5 Å². The first-order chi connectivity index (χ1) is 18.1. The summed E-state index contributed by atoms with van der Waals surface area (Å²) in [5, 5.41) is 0. The monoisotopic (exact) mass is 505 g/mol. The number of hydrogen-bond acceptors (Lipinski definition) is 3. The molecule has 4 heteroatoms. The van der Waals surface area contributed by atoms with E-state index < -0.39 is 0 Å². The summed E-state index contributed by atoms with van der Waals surface area (Å²) in [6.07, 6.45) is 16.3. The van der Waals surface area contributed by atoms with Crippen molar-refractivity contribution >= 4 is 17.5 Å². The van der Waals surface area contributed by atoms with Crippen molar-refractivity contribution < 1.29 is 13.9 Å². The van der Waals surface area contributed by atoms with Gasteiger partial charge in [-0.25, -0.2) is 4.39 Å². The lowest BCUT2D eigenvalue weighted by atomic mass is 9.94. The summed E-state index contributed by atoms with van der Waals surface area (Å²) in [7, 11) is 0. The van der Waals surface area contributed by atoms with Crippen LogP contribution in [0.15, 0.2) is 42.5 Å². The van der Waals surface area contributed by atoms with Crippen molar-refractivity contribution in [1.82, 2.24) is 0 Å². The van der Waals surface area contributed by atoms with Crippen molar-refractivity contribution in [2.75, 3.05) is 24.6 Å². The second-order valence-electron chi connectivity index (χ2n) is 10.9. The van der Waals surface area contributed by atoms with Gasteiger partial charge in [0.25, 0.3) is 0 Å². The smallest absolute Gasteiger partial charge is 0.167 e. The Bertz CT molecular complexity index is 1060. The summed E-state index contributed by atoms with van der Waals surface area (Å²) in [6, 6.07) is 11.5. The average molecular weight is 506 g/mol. The van der Waals surface area contributed by atoms with Crippen molar-refractivity contribution in [3.8, 4) is 0 Å². The third-order valence-corrected chi connectivity index (χ3v) is 8.01. The summed E-state index contributed by atoms with van der Waals surface area (Å²) < 4.78 is 20.9. The maximum absolute atomic E-state index is 15.1. The van der Waals surface area contributed by atoms with E-state index in [0.717, 1.165) is 62.9 Å². The van der Waals surface area contributed by atoms with E-state index in [1.165, 1.54) is 37.7 Å². The van der Waals surface area contributed by atoms with Crippen LogP contribution in [-0.4, -0.2) is 31.6 Å². The predicted octanol–water partition coefficient (Wildman–Crippen LogP) is 8.19. The van der Waals surface area contributed by atoms with Crippen LogP contribution in [0.4, 0.5) is 10.1 Å². The number of aryl methyl sites for hydroxylation is 1. The zero-order valence-corrected chi connectivity index (χ0v) is 22.8. The van der Waals surface area contributed by atoms with E-state index in [1.807, 2.05) is 37.3 Å². The second kappa shape index (κ2) is 13.9. The average Bonchev–Trinajstić information content (AvgIpc) is 3.58. The highest BCUT2D eigenvalue weighted by Gasteiger charge is 2.24. The molecule has 1 unspecified atom stereocenters. The quantitative estimate of drug-likeness (QED) is 0.203. The molecule has 0 bridgehead atoms. The minimum Gasteiger partial charge on any atom is -0.378 e. The van der Waals surface area contributed by atoms with Crippen LogP contribution in [0, 0.1) is 11.7 Å². The van der Waals surface area contributed by atoms with Gasteiger partial charge in [-0.2, -0.15) is 0 Å². The molecule has 0 N–H and O–H groups in total. The number of ether oxygens (including phenoxy) is 1. The van der Waals surface area contributed by atoms with Crippen molar-refractivity contribution in [1.29, 1.82) is 0 Å². The minimum atomic E-state index is -0.213. The highest BCUT2D eigenvalue weighted by atomic mass is 19.1. The molecule has 200 valence electrons. The van der Waals surface area contributed by atoms with Gasteiger partial charge in [0.15, 0.2) is 5.78 Å². The van der Waals surface area contributed by atoms with E-state index in [9.17, 15) is 4.79 Å². The van der Waals surface area contributed by atoms with E-state index in [2.05, 4.69) is 24.0 Å². The molecule has 4 rings (SSSR count). The Balaban J connectivity index is 1.36. The Kier molecular flexibility index (Phi) is 10.4. The van der Waals surface area contributed by atoms with E-state index in [1.54, 1.807) is 6.07 Å². The summed E-state index contributed by atoms with van der Waals surface area (Å²) in [4.78, 5) is 15.4. The van der Waals surface area contributed by atoms with Crippen LogP contribution in [0.5, 0.6) is 0 Å². The molecule has 2 heterocycles. The molecule has 2 aliphatic heterocycles. The predicted molar refractivity (Wildman–Crippen MR) is 152 cm³/mol. The van der Waals surface area contributed by atoms with Crippen molar-refractivity contribution in [3.63, 3.8) is 0 Å². The fourth-order valence-corrected chi connectivity index (χ4v) is 5.88. The first kappa shape index (κ1) is 27.6. The molecule has 0 aromatic heterocycles. The SMILES string of the molecule is C/C=C\c1cc(CCC2CCCO2)ccc1C(=O)Cc1ccc(N2CC[C@@H](CCCCCC)C2)c(F)c1. The van der Waals surface area contributed by atoms with Crippen molar-refractivity contribution in [2.45, 2.75) is 90.6 Å². The summed E-state index contributed by atoms with van der Waals surface area (Å²) in [5.74, 6) is 0.477. The Hall–Kier alpha value is -2.46. The third kappa shape index (κ3) is 7.77. The van der Waals surface area contributed by atoms with Crippen molar-refractivity contribution in [3.05, 3.63) is 70.5 Å². The number of ketones is 1. The second-order valence-corrected chi connectivity index (χ2v) is 10.9. The molecule has 0 aliphatic carbocycles. The molecule has 2 aromatic carbocycles. The standard InChI is InChI=1S/C33H44FNO2/c1-3-5-6-7-10-26-18-19-35(24-26)32-17-14-27(22-31(32)34)23-33(36)30-16-13-25(21-28(30)9-4-2)12-15-29-11-8-20-37-29/h4,9,13-14,16-17,21-22,26,29H,3,5-8,10-12,15,18-20,23-24H2,1-2H3/b9-4-/t26-,29?/m1/s1. The fraction of sp³-hybridized carbons (Fsp3) is 0.545. The van der Waals surface area contributed by atoms with Crippen LogP contribution in [0.1, 0.15) is 98.7 Å². The first-order valence-electron chi connectivity index (χ1n) is 14.5. The number of Topliss-reactive ketones (excluding diaryl/α,β-unsaturated/α-hetero) is 1. The molecule has 2 aliphatic rings. The number of rotatable bonds is 13. The van der Waals surface area contributed by atoms with E-state index in [-0.39, 0.29) is 18.0 Å². The molecule has 0 saturated carbocycles. The molecule has 2 aromatic rings. The Morgan fingerprint density at radius 3 is 2.70 bits per heavy atom. The molecular formula is C33H44FNO2. The van der Waals surface area contributed by atoms with Crippen LogP contribution in [0.2, 0.25) is 0 Å². The number of nitrogens with zero attached hydrogens (tertiary/aromatic N) is 1. The summed E-state index contributed by atoms with van der Waals surface area (Å²) >= 11 is 0. The van der Waals surface area contributed by atoms with Gasteiger partial charge in [0.2, 0.25) is 0 Å². The number of anilines is 1. The number of benzene rings is 2. The van der Waals surface area contributed by atoms with E-state index in [4.69, 9.17) is 4.74 Å². The molecule has 3 nitrogen and oxygen atoms in total. The van der Waals surface area contributed by atoms with Crippen LogP contribution >= 0.6 is 0 Å². The largest absolute Gasteiger partial charge is 0.378 e. The Morgan fingerprint density at radius 2 is 1.95 bits per heavy atom. The lowest BCUT2D eigenvalue weighted by Crippen LogP contribution is -2.21. The fourth-order valence-electron chi connectivity index (χ4n) is 5.88. The van der Waals surface area contributed by atoms with Crippen LogP contribution < -0.4 is 4.90 Å². The molecule has 0 radical (unpaired) electrons. The molecular weight excluding hydrogens is 461 g/mol. The number of hydrogen-bond donors (Lipinski definition) is 0. The molecule has 37 heavy (non-hydrogen) atoms. The van der Waals surface area contributed by atoms with Crippen LogP contribution in [0.25, 0.3) is 6.08 Å². The molecule has 2 atom stereocenters. The maximum Gasteiger partial charge on any atom is 0.167 e. The van der Waals surface area contributed by atoms with E-state index in [0.29, 0.717) is 23.3 Å². The van der Waals surface area contributed by atoms with E-state index >= 15 is 4.39 Å². The van der Waals surface area contributed by atoms with Crippen LogP contribution in [-0.2, 0) is 17.6 Å². The third-order valence-electron chi connectivity index (χ3n) is 8.01. The van der Waals surface area contributed by atoms with Gasteiger partial charge < -0.3 is 9.64 Å². The minimum absolute atomic E-state index is 0.0271. The van der Waals surface area contributed by atoms with Gasteiger partial charge in [-0.05, 0) is 80.2 Å². The normalized spacial score (nSPS) is 19.8. The van der Waals surface area contributed by atoms with Gasteiger partial charge in [0, 0.05) is 31.7 Å². The molecule has 2 fully saturated rings. The molecule has 0 amide bonds. The number of allylic oxidation sites excluding steroid dienone is 1. The van der Waals surface area contributed by atoms with Gasteiger partial charge in [-0.15, -0.1) is 0 Å². The molecule has 0 spiro atoms. The van der Waals surface area contributed by atoms with Gasteiger partial charge in [-0.3, -0.25) is 4.79 Å². The zero-order chi connectivity index (χ0) is 26.0. The van der Waals surface area contributed by atoms with Crippen molar-refractivity contribution in [2.24, 2.45) is 5.92 Å². The highest BCUT2D eigenvalue weighted by molar-refractivity contribution is 6.00. The first-order valence-corrected chi connectivity index (χ1v) is 14.5. The molecule has 2 saturated heterocycles. The zero-order valence-electron chi connectivity index (χ0n) is 22.8. The summed E-state index contributed by atoms with van der Waals surface area (Å²) in [5.41, 5.74) is 4.28. The Labute approximate surface area is 223 Å². The number of halogens is 1. The number of carbonyl (C=O) groups excluding carboxylic acids is 1. The highest BCUT2D eigenvalue weighted by Crippen LogP contribution is 2.30. The van der Waals surface area contributed by atoms with Crippen LogP contribution in [0.3, 0.4) is 0 Å². The van der Waals surface area contributed by atoms with Gasteiger partial charge >= 0.3 is 0 Å². The van der Waals surface area contributed by atoms with Gasteiger partial charge in [0.1, 0.15) is 5.82 Å². The lowest BCUT2D eigenvalue weighted by Gasteiger charge is -2.20.